The molecule has 1 aromatic carbocycles. The lowest BCUT2D eigenvalue weighted by Gasteiger charge is -2.25. The number of carbonyl (C=O) groups is 1. The third-order valence-corrected chi connectivity index (χ3v) is 4.84. The Bertz CT molecular complexity index is 852. The number of likely N-dealkylation sites (N-methyl/N-ethyl adjacent to an activating group) is 1. The summed E-state index contributed by atoms with van der Waals surface area (Å²) in [7, 11) is 1.70. The van der Waals surface area contributed by atoms with Gasteiger partial charge < -0.3 is 20.5 Å². The van der Waals surface area contributed by atoms with Crippen LogP contribution in [0.1, 0.15) is 5.82 Å². The molecule has 3 heterocycles. The van der Waals surface area contributed by atoms with Gasteiger partial charge in [0, 0.05) is 32.1 Å². The maximum absolute atomic E-state index is 12.4. The number of imidazole rings is 1. The van der Waals surface area contributed by atoms with Crippen LogP contribution in [0.25, 0.3) is 5.69 Å². The molecule has 3 N–H and O–H groups in total. The van der Waals surface area contributed by atoms with E-state index in [-0.39, 0.29) is 12.6 Å². The summed E-state index contributed by atoms with van der Waals surface area (Å²) < 4.78 is 13.2. The van der Waals surface area contributed by atoms with Crippen molar-refractivity contribution in [2.24, 2.45) is 5.73 Å². The number of amides is 1. The summed E-state index contributed by atoms with van der Waals surface area (Å²) >= 11 is 5.24. The molecule has 1 amide bonds. The molecule has 0 radical (unpaired) electrons. The average molecular weight is 359 g/mol. The van der Waals surface area contributed by atoms with E-state index in [2.05, 4.69) is 10.3 Å². The van der Waals surface area contributed by atoms with Gasteiger partial charge >= 0.3 is 6.09 Å². The highest BCUT2D eigenvalue weighted by Crippen LogP contribution is 2.35. The van der Waals surface area contributed by atoms with Crippen LogP contribution in [-0.4, -0.2) is 46.4 Å². The zero-order chi connectivity index (χ0) is 17.6. The number of carbonyl (C=O) groups excluding carboxylic acids is 1. The van der Waals surface area contributed by atoms with Crippen LogP contribution in [0.2, 0.25) is 0 Å². The summed E-state index contributed by atoms with van der Waals surface area (Å²) in [6.07, 6.45) is 2.56. The van der Waals surface area contributed by atoms with Gasteiger partial charge in [-0.25, -0.2) is 9.78 Å². The summed E-state index contributed by atoms with van der Waals surface area (Å²) in [5, 5.41) is 2.86. The lowest BCUT2D eigenvalue weighted by atomic mass is 10.1. The van der Waals surface area contributed by atoms with Gasteiger partial charge in [0.2, 0.25) is 0 Å². The van der Waals surface area contributed by atoms with Crippen molar-refractivity contribution < 1.29 is 14.3 Å². The van der Waals surface area contributed by atoms with Crippen molar-refractivity contribution in [3.8, 4) is 11.4 Å². The van der Waals surface area contributed by atoms with Gasteiger partial charge in [0.25, 0.3) is 0 Å². The minimum absolute atomic E-state index is 0.224. The van der Waals surface area contributed by atoms with Crippen molar-refractivity contribution in [1.82, 2.24) is 14.9 Å². The first-order valence-electron chi connectivity index (χ1n) is 7.85. The summed E-state index contributed by atoms with van der Waals surface area (Å²) in [4.78, 5) is 18.6. The average Bonchev–Trinajstić information content (AvgIpc) is 3.24. The molecule has 1 saturated heterocycles. The Hall–Kier alpha value is -2.65. The van der Waals surface area contributed by atoms with Gasteiger partial charge in [-0.2, -0.15) is 0 Å². The molecule has 0 saturated carbocycles. The monoisotopic (exact) mass is 359 g/mol. The van der Waals surface area contributed by atoms with Crippen molar-refractivity contribution >= 4 is 29.0 Å². The number of ether oxygens (including phenoxy) is 2. The van der Waals surface area contributed by atoms with Gasteiger partial charge in [-0.1, -0.05) is 12.2 Å². The molecule has 2 aliphatic rings. The van der Waals surface area contributed by atoms with Gasteiger partial charge in [0.15, 0.2) is 11.9 Å². The van der Waals surface area contributed by atoms with E-state index < -0.39 is 12.2 Å². The molecule has 1 fully saturated rings. The number of thiocarbonyl (C=S) groups is 1. The van der Waals surface area contributed by atoms with Crippen LogP contribution in [0.3, 0.4) is 0 Å². The molecule has 1 aromatic heterocycles. The molecule has 9 heteroatoms. The number of benzene rings is 1. The Kier molecular flexibility index (Phi) is 3.81. The summed E-state index contributed by atoms with van der Waals surface area (Å²) in [6.45, 7) is 0.600. The predicted octanol–water partition coefficient (Wildman–Crippen LogP) is 0.964. The van der Waals surface area contributed by atoms with Gasteiger partial charge in [-0.15, -0.1) is 0 Å². The van der Waals surface area contributed by atoms with Crippen LogP contribution in [0.5, 0.6) is 5.75 Å². The van der Waals surface area contributed by atoms with Crippen LogP contribution in [0.4, 0.5) is 10.5 Å². The molecule has 0 bridgehead atoms. The number of aromatic nitrogens is 2. The molecule has 130 valence electrons. The zero-order valence-electron chi connectivity index (χ0n) is 13.5. The van der Waals surface area contributed by atoms with Crippen LogP contribution < -0.4 is 20.7 Å². The second kappa shape index (κ2) is 6.01. The highest BCUT2D eigenvalue weighted by molar-refractivity contribution is 7.80. The fourth-order valence-corrected chi connectivity index (χ4v) is 3.39. The second-order valence-electron chi connectivity index (χ2n) is 5.75. The molecule has 25 heavy (non-hydrogen) atoms. The Morgan fingerprint density at radius 1 is 1.52 bits per heavy atom. The van der Waals surface area contributed by atoms with Crippen LogP contribution in [-0.2, 0) is 11.3 Å². The molecular weight excluding hydrogens is 342 g/mol. The second-order valence-corrected chi connectivity index (χ2v) is 6.19. The molecule has 4 rings (SSSR count). The Labute approximate surface area is 149 Å². The number of rotatable bonds is 3. The van der Waals surface area contributed by atoms with Crippen molar-refractivity contribution in [2.75, 3.05) is 18.5 Å². The van der Waals surface area contributed by atoms with E-state index in [9.17, 15) is 4.79 Å². The molecule has 8 nitrogen and oxygen atoms in total. The molecule has 2 aromatic rings. The summed E-state index contributed by atoms with van der Waals surface area (Å²) in [5.41, 5.74) is 7.42. The Morgan fingerprint density at radius 2 is 2.36 bits per heavy atom. The maximum atomic E-state index is 12.4. The lowest BCUT2D eigenvalue weighted by molar-refractivity contribution is 0.161. The number of hydrogen-bond acceptors (Lipinski definition) is 6. The van der Waals surface area contributed by atoms with Crippen molar-refractivity contribution in [3.05, 3.63) is 36.4 Å². The number of nitrogens with two attached hydrogens (primary N) is 1. The molecule has 0 spiro atoms. The van der Waals surface area contributed by atoms with E-state index in [1.54, 1.807) is 13.2 Å². The third kappa shape index (κ3) is 2.43. The fourth-order valence-electron chi connectivity index (χ4n) is 3.18. The van der Waals surface area contributed by atoms with E-state index in [0.717, 1.165) is 11.5 Å². The minimum atomic E-state index is -0.574. The standard InChI is InChI=1S/C16H17N5O3S/c1-18-15(25)14-11(7-17)21(16(22)24-14)9-2-3-10-12(6-9)23-8-13-19-4-5-20(10)13/h2-6,11,14H,7-8,17H2,1H3,(H,18,25)/t11?,14-/m0/s1. The largest absolute Gasteiger partial charge is 0.483 e. The van der Waals surface area contributed by atoms with Gasteiger partial charge in [0.1, 0.15) is 17.3 Å². The van der Waals surface area contributed by atoms with Crippen LogP contribution in [0.15, 0.2) is 30.6 Å². The normalized spacial score (nSPS) is 21.2. The van der Waals surface area contributed by atoms with Gasteiger partial charge in [0.05, 0.1) is 17.4 Å². The SMILES string of the molecule is CNC(=S)[C@H]1OC(=O)N(c2ccc3c(c2)OCc2nccn2-3)C1CN. The first-order chi connectivity index (χ1) is 12.1. The van der Waals surface area contributed by atoms with Crippen LogP contribution >= 0.6 is 12.2 Å². The predicted molar refractivity (Wildman–Crippen MR) is 95.1 cm³/mol. The first-order valence-corrected chi connectivity index (χ1v) is 8.26. The topological polar surface area (TPSA) is 94.6 Å². The minimum Gasteiger partial charge on any atom is -0.483 e. The Morgan fingerprint density at radius 3 is 3.12 bits per heavy atom. The number of cyclic esters (lactones) is 1. The molecule has 0 aliphatic carbocycles. The highest BCUT2D eigenvalue weighted by Gasteiger charge is 2.44. The molecule has 2 atom stereocenters. The number of fused-ring (bicyclic) bond motifs is 3. The van der Waals surface area contributed by atoms with E-state index in [1.165, 1.54) is 4.90 Å². The summed E-state index contributed by atoms with van der Waals surface area (Å²) in [5.74, 6) is 1.51. The quantitative estimate of drug-likeness (QED) is 0.789. The Balaban J connectivity index is 1.71. The van der Waals surface area contributed by atoms with Gasteiger partial charge in [-0.05, 0) is 12.1 Å². The molecule has 1 unspecified atom stereocenters. The summed E-state index contributed by atoms with van der Waals surface area (Å²) in [6, 6.07) is 5.16. The zero-order valence-corrected chi connectivity index (χ0v) is 14.3. The third-order valence-electron chi connectivity index (χ3n) is 4.41. The van der Waals surface area contributed by atoms with Gasteiger partial charge in [-0.3, -0.25) is 9.47 Å². The van der Waals surface area contributed by atoms with E-state index in [0.29, 0.717) is 23.0 Å². The van der Waals surface area contributed by atoms with Crippen molar-refractivity contribution in [2.45, 2.75) is 18.8 Å². The smallest absolute Gasteiger partial charge is 0.415 e. The number of nitrogens with one attached hydrogen (secondary N) is 1. The van der Waals surface area contributed by atoms with E-state index in [4.69, 9.17) is 27.4 Å². The van der Waals surface area contributed by atoms with Crippen molar-refractivity contribution in [3.63, 3.8) is 0 Å². The fraction of sp³-hybridized carbons (Fsp3) is 0.312. The number of hydrogen-bond donors (Lipinski definition) is 2. The number of anilines is 1. The van der Waals surface area contributed by atoms with E-state index >= 15 is 0 Å². The van der Waals surface area contributed by atoms with E-state index in [1.807, 2.05) is 29.0 Å². The highest BCUT2D eigenvalue weighted by atomic mass is 32.1. The van der Waals surface area contributed by atoms with Crippen molar-refractivity contribution in [1.29, 1.82) is 0 Å². The maximum Gasteiger partial charge on any atom is 0.415 e. The number of nitrogens with zero attached hydrogens (tertiary/aromatic N) is 3. The van der Waals surface area contributed by atoms with Crippen LogP contribution in [0, 0.1) is 0 Å². The molecular formula is C16H17N5O3S. The molecule has 2 aliphatic heterocycles. The lowest BCUT2D eigenvalue weighted by Crippen LogP contribution is -2.47. The first kappa shape index (κ1) is 15.9.